The van der Waals surface area contributed by atoms with Gasteiger partial charge >= 0.3 is 6.09 Å². The third-order valence-electron chi connectivity index (χ3n) is 2.30. The van der Waals surface area contributed by atoms with Crippen LogP contribution in [0.15, 0.2) is 12.3 Å². The summed E-state index contributed by atoms with van der Waals surface area (Å²) >= 11 is 0. The summed E-state index contributed by atoms with van der Waals surface area (Å²) in [6.07, 6.45) is 0.235. The lowest BCUT2D eigenvalue weighted by atomic mass is 10.2. The number of aromatic nitrogens is 4. The average Bonchev–Trinajstić information content (AvgIpc) is 2.87. The fourth-order valence-corrected chi connectivity index (χ4v) is 1.55. The van der Waals surface area contributed by atoms with Crippen molar-refractivity contribution in [2.75, 3.05) is 4.90 Å². The maximum absolute atomic E-state index is 13.7. The fourth-order valence-electron chi connectivity index (χ4n) is 1.55. The molecule has 0 bridgehead atoms. The molecule has 8 heteroatoms. The number of anilines is 2. The topological polar surface area (TPSA) is 86.9 Å². The summed E-state index contributed by atoms with van der Waals surface area (Å²) in [7, 11) is 0. The minimum absolute atomic E-state index is 0.120. The largest absolute Gasteiger partial charge is 0.443 e. The van der Waals surface area contributed by atoms with E-state index in [1.807, 2.05) is 0 Å². The Bertz CT molecular complexity index is 613. The van der Waals surface area contributed by atoms with Gasteiger partial charge in [0.1, 0.15) is 5.60 Å². The number of hydrogen-bond donors (Lipinski definition) is 2. The highest BCUT2D eigenvalue weighted by molar-refractivity contribution is 5.94. The molecule has 20 heavy (non-hydrogen) atoms. The Labute approximate surface area is 115 Å². The molecule has 0 aliphatic heterocycles. The van der Waals surface area contributed by atoms with E-state index in [0.717, 1.165) is 16.8 Å². The van der Waals surface area contributed by atoms with Crippen molar-refractivity contribution >= 4 is 17.7 Å². The molecule has 2 aromatic heterocycles. The molecule has 0 atom stereocenters. The molecule has 108 valence electrons. The van der Waals surface area contributed by atoms with Crippen LogP contribution < -0.4 is 4.90 Å². The van der Waals surface area contributed by atoms with Gasteiger partial charge in [0.2, 0.25) is 0 Å². The van der Waals surface area contributed by atoms with Crippen LogP contribution in [0.5, 0.6) is 0 Å². The standard InChI is InChI=1S/C12H16FN5O2/c1-7-5-9(16-15-7)18(10-8(13)6-14-17-10)11(19)20-12(2,3)4/h5-6H,1-4H3,(H,14,17)(H,15,16). The molecule has 0 spiro atoms. The van der Waals surface area contributed by atoms with E-state index in [9.17, 15) is 9.18 Å². The van der Waals surface area contributed by atoms with E-state index in [2.05, 4.69) is 20.4 Å². The third-order valence-corrected chi connectivity index (χ3v) is 2.30. The quantitative estimate of drug-likeness (QED) is 0.885. The number of hydrogen-bond acceptors (Lipinski definition) is 4. The van der Waals surface area contributed by atoms with Gasteiger partial charge in [-0.1, -0.05) is 0 Å². The Morgan fingerprint density at radius 2 is 2.10 bits per heavy atom. The van der Waals surface area contributed by atoms with Crippen molar-refractivity contribution in [2.24, 2.45) is 0 Å². The normalized spacial score (nSPS) is 11.4. The average molecular weight is 281 g/mol. The van der Waals surface area contributed by atoms with Gasteiger partial charge in [0.25, 0.3) is 0 Å². The minimum atomic E-state index is -0.743. The number of amides is 1. The number of carbonyl (C=O) groups is 1. The van der Waals surface area contributed by atoms with Crippen molar-refractivity contribution in [1.29, 1.82) is 0 Å². The summed E-state index contributed by atoms with van der Waals surface area (Å²) in [6.45, 7) is 6.94. The Hall–Kier alpha value is -2.38. The zero-order valence-corrected chi connectivity index (χ0v) is 11.7. The number of ether oxygens (including phenoxy) is 1. The number of carbonyl (C=O) groups excluding carboxylic acids is 1. The Balaban J connectivity index is 2.40. The first-order valence-corrected chi connectivity index (χ1v) is 6.02. The Morgan fingerprint density at radius 1 is 1.40 bits per heavy atom. The van der Waals surface area contributed by atoms with Gasteiger partial charge in [-0.05, 0) is 27.7 Å². The maximum Gasteiger partial charge on any atom is 0.422 e. The predicted octanol–water partition coefficient (Wildman–Crippen LogP) is 2.65. The van der Waals surface area contributed by atoms with Gasteiger partial charge in [0.05, 0.1) is 6.20 Å². The molecule has 2 N–H and O–H groups in total. The monoisotopic (exact) mass is 281 g/mol. The molecule has 0 aliphatic carbocycles. The number of halogens is 1. The number of aryl methyl sites for hydroxylation is 1. The van der Waals surface area contributed by atoms with E-state index < -0.39 is 17.5 Å². The molecule has 2 aromatic rings. The van der Waals surface area contributed by atoms with E-state index in [0.29, 0.717) is 0 Å². The number of nitrogens with zero attached hydrogens (tertiary/aromatic N) is 3. The first kappa shape index (κ1) is 14.0. The summed E-state index contributed by atoms with van der Waals surface area (Å²) in [5.74, 6) is -0.567. The zero-order chi connectivity index (χ0) is 14.9. The van der Waals surface area contributed by atoms with E-state index in [4.69, 9.17) is 4.74 Å². The van der Waals surface area contributed by atoms with Crippen LogP contribution in [0.4, 0.5) is 20.8 Å². The van der Waals surface area contributed by atoms with Gasteiger partial charge in [0.15, 0.2) is 17.5 Å². The van der Waals surface area contributed by atoms with E-state index >= 15 is 0 Å². The number of nitrogens with one attached hydrogen (secondary N) is 2. The van der Waals surface area contributed by atoms with Crippen molar-refractivity contribution in [3.8, 4) is 0 Å². The van der Waals surface area contributed by atoms with Gasteiger partial charge in [-0.2, -0.15) is 10.2 Å². The van der Waals surface area contributed by atoms with Crippen LogP contribution in [0.25, 0.3) is 0 Å². The second-order valence-corrected chi connectivity index (χ2v) is 5.29. The van der Waals surface area contributed by atoms with Crippen LogP contribution in [0, 0.1) is 12.7 Å². The molecule has 1 amide bonds. The molecule has 0 fully saturated rings. The summed E-state index contributed by atoms with van der Waals surface area (Å²) in [5.41, 5.74) is 0.0189. The summed E-state index contributed by atoms with van der Waals surface area (Å²) in [5, 5.41) is 12.6. The third kappa shape index (κ3) is 2.95. The van der Waals surface area contributed by atoms with Gasteiger partial charge in [-0.3, -0.25) is 10.2 Å². The number of aromatic amines is 2. The van der Waals surface area contributed by atoms with Crippen molar-refractivity contribution in [3.05, 3.63) is 23.8 Å². The molecule has 0 aliphatic rings. The van der Waals surface area contributed by atoms with Crippen LogP contribution in [0.2, 0.25) is 0 Å². The second kappa shape index (κ2) is 4.95. The molecule has 0 aromatic carbocycles. The number of H-pyrrole nitrogens is 2. The van der Waals surface area contributed by atoms with Crippen LogP contribution >= 0.6 is 0 Å². The lowest BCUT2D eigenvalue weighted by molar-refractivity contribution is 0.0596. The number of rotatable bonds is 2. The van der Waals surface area contributed by atoms with Gasteiger partial charge in [-0.25, -0.2) is 14.1 Å². The van der Waals surface area contributed by atoms with Gasteiger partial charge < -0.3 is 4.74 Å². The smallest absolute Gasteiger partial charge is 0.422 e. The molecule has 7 nitrogen and oxygen atoms in total. The SMILES string of the molecule is Cc1cc(N(C(=O)OC(C)(C)C)c2[nH]ncc2F)n[nH]1. The molecule has 0 radical (unpaired) electrons. The van der Waals surface area contributed by atoms with E-state index in [1.54, 1.807) is 33.8 Å². The van der Waals surface area contributed by atoms with Gasteiger partial charge in [0, 0.05) is 11.8 Å². The van der Waals surface area contributed by atoms with Crippen LogP contribution in [-0.4, -0.2) is 32.1 Å². The second-order valence-electron chi connectivity index (χ2n) is 5.29. The minimum Gasteiger partial charge on any atom is -0.443 e. The molecular weight excluding hydrogens is 265 g/mol. The molecular formula is C12H16FN5O2. The molecule has 2 rings (SSSR count). The van der Waals surface area contributed by atoms with Crippen molar-refractivity contribution in [1.82, 2.24) is 20.4 Å². The van der Waals surface area contributed by atoms with Crippen LogP contribution in [-0.2, 0) is 4.74 Å². The predicted molar refractivity (Wildman–Crippen MR) is 70.2 cm³/mol. The summed E-state index contributed by atoms with van der Waals surface area (Å²) in [4.78, 5) is 13.3. The Kier molecular flexibility index (Phi) is 3.47. The van der Waals surface area contributed by atoms with Crippen LogP contribution in [0.1, 0.15) is 26.5 Å². The zero-order valence-electron chi connectivity index (χ0n) is 11.7. The van der Waals surface area contributed by atoms with Crippen molar-refractivity contribution in [3.63, 3.8) is 0 Å². The summed E-state index contributed by atoms with van der Waals surface area (Å²) < 4.78 is 19.0. The molecule has 0 saturated carbocycles. The van der Waals surface area contributed by atoms with Gasteiger partial charge in [-0.15, -0.1) is 0 Å². The first-order valence-electron chi connectivity index (χ1n) is 6.02. The van der Waals surface area contributed by atoms with E-state index in [1.165, 1.54) is 0 Å². The molecule has 2 heterocycles. The highest BCUT2D eigenvalue weighted by atomic mass is 19.1. The highest BCUT2D eigenvalue weighted by Gasteiger charge is 2.29. The molecule has 0 unspecified atom stereocenters. The highest BCUT2D eigenvalue weighted by Crippen LogP contribution is 2.26. The summed E-state index contributed by atoms with van der Waals surface area (Å²) in [6, 6.07) is 1.60. The lowest BCUT2D eigenvalue weighted by Gasteiger charge is -2.24. The fraction of sp³-hybridized carbons (Fsp3) is 0.417. The van der Waals surface area contributed by atoms with E-state index in [-0.39, 0.29) is 11.6 Å². The molecule has 0 saturated heterocycles. The van der Waals surface area contributed by atoms with Crippen LogP contribution in [0.3, 0.4) is 0 Å². The first-order chi connectivity index (χ1) is 9.28. The van der Waals surface area contributed by atoms with Crippen molar-refractivity contribution < 1.29 is 13.9 Å². The van der Waals surface area contributed by atoms with Crippen molar-refractivity contribution in [2.45, 2.75) is 33.3 Å². The Morgan fingerprint density at radius 3 is 2.55 bits per heavy atom. The lowest BCUT2D eigenvalue weighted by Crippen LogP contribution is -2.34. The maximum atomic E-state index is 13.7.